The Morgan fingerprint density at radius 2 is 1.93 bits per heavy atom. The molecule has 1 fully saturated rings. The summed E-state index contributed by atoms with van der Waals surface area (Å²) in [5, 5.41) is 3.49. The van der Waals surface area contributed by atoms with Crippen LogP contribution >= 0.6 is 15.9 Å². The molecule has 4 rings (SSSR count). The molecule has 1 aliphatic heterocycles. The summed E-state index contributed by atoms with van der Waals surface area (Å²) in [5.41, 5.74) is 5.91. The molecule has 2 aromatic heterocycles. The number of fused-ring (bicyclic) bond motifs is 1. The normalized spacial score (nSPS) is 16.1. The second-order valence-electron chi connectivity index (χ2n) is 7.61. The summed E-state index contributed by atoms with van der Waals surface area (Å²) < 4.78 is 3.28. The fraction of sp³-hybridized carbons (Fsp3) is 0.409. The first-order chi connectivity index (χ1) is 13.1. The Kier molecular flexibility index (Phi) is 5.62. The Morgan fingerprint density at radius 3 is 2.70 bits per heavy atom. The zero-order valence-corrected chi connectivity index (χ0v) is 17.7. The van der Waals surface area contributed by atoms with Crippen LogP contribution in [-0.4, -0.2) is 40.5 Å². The van der Waals surface area contributed by atoms with E-state index in [1.807, 2.05) is 0 Å². The van der Waals surface area contributed by atoms with Crippen LogP contribution in [0.1, 0.15) is 37.4 Å². The molecule has 0 aliphatic carbocycles. The van der Waals surface area contributed by atoms with E-state index in [2.05, 4.69) is 87.0 Å². The minimum atomic E-state index is 0.540. The highest BCUT2D eigenvalue weighted by atomic mass is 79.9. The smallest absolute Gasteiger partial charge is 0.152 e. The van der Waals surface area contributed by atoms with Crippen LogP contribution < -0.4 is 5.32 Å². The van der Waals surface area contributed by atoms with Gasteiger partial charge in [-0.1, -0.05) is 38.1 Å². The second-order valence-corrected chi connectivity index (χ2v) is 8.47. The number of nitrogens with one attached hydrogen (secondary N) is 1. The molecule has 4 nitrogen and oxygen atoms in total. The van der Waals surface area contributed by atoms with Crippen LogP contribution in [0.4, 0.5) is 0 Å². The lowest BCUT2D eigenvalue weighted by molar-refractivity contribution is 0.281. The fourth-order valence-corrected chi connectivity index (χ4v) is 4.20. The van der Waals surface area contributed by atoms with Gasteiger partial charge >= 0.3 is 0 Å². The third-order valence-electron chi connectivity index (χ3n) is 5.36. The number of hydrogen-bond acceptors (Lipinski definition) is 3. The molecule has 1 aromatic carbocycles. The van der Waals surface area contributed by atoms with E-state index in [9.17, 15) is 0 Å². The van der Waals surface area contributed by atoms with Crippen molar-refractivity contribution in [2.45, 2.75) is 32.7 Å². The van der Waals surface area contributed by atoms with Crippen molar-refractivity contribution in [1.29, 1.82) is 0 Å². The first-order valence-electron chi connectivity index (χ1n) is 9.82. The maximum atomic E-state index is 5.02. The zero-order valence-electron chi connectivity index (χ0n) is 16.1. The van der Waals surface area contributed by atoms with Gasteiger partial charge in [-0.3, -0.25) is 4.90 Å². The molecule has 1 aliphatic rings. The minimum absolute atomic E-state index is 0.540. The van der Waals surface area contributed by atoms with E-state index < -0.39 is 0 Å². The molecule has 0 spiro atoms. The molecule has 0 atom stereocenters. The molecule has 3 heterocycles. The van der Waals surface area contributed by atoms with E-state index in [4.69, 9.17) is 4.98 Å². The van der Waals surface area contributed by atoms with Gasteiger partial charge < -0.3 is 9.72 Å². The van der Waals surface area contributed by atoms with E-state index in [1.54, 1.807) is 0 Å². The van der Waals surface area contributed by atoms with Crippen LogP contribution in [-0.2, 0) is 6.54 Å². The van der Waals surface area contributed by atoms with Gasteiger partial charge in [0.15, 0.2) is 5.65 Å². The third-order valence-corrected chi connectivity index (χ3v) is 5.98. The first kappa shape index (κ1) is 18.7. The number of halogens is 1. The van der Waals surface area contributed by atoms with E-state index in [0.717, 1.165) is 48.5 Å². The van der Waals surface area contributed by atoms with Crippen molar-refractivity contribution in [2.75, 3.05) is 26.2 Å². The van der Waals surface area contributed by atoms with E-state index in [0.29, 0.717) is 5.92 Å². The molecule has 3 aromatic rings. The monoisotopic (exact) mass is 426 g/mol. The Morgan fingerprint density at radius 1 is 1.11 bits per heavy atom. The third kappa shape index (κ3) is 3.96. The molecule has 0 radical (unpaired) electrons. The summed E-state index contributed by atoms with van der Waals surface area (Å²) in [6.45, 7) is 9.75. The number of hydrogen-bond donors (Lipinski definition) is 1. The molecule has 5 heteroatoms. The van der Waals surface area contributed by atoms with Gasteiger partial charge in [0.25, 0.3) is 0 Å². The predicted octanol–water partition coefficient (Wildman–Crippen LogP) is 4.68. The maximum absolute atomic E-state index is 5.02. The summed E-state index contributed by atoms with van der Waals surface area (Å²) >= 11 is 3.68. The van der Waals surface area contributed by atoms with Crippen LogP contribution in [0.25, 0.3) is 16.9 Å². The lowest BCUT2D eigenvalue weighted by atomic mass is 10.0. The Bertz CT molecular complexity index is 906. The number of aromatic nitrogens is 2. The topological polar surface area (TPSA) is 32.6 Å². The molecule has 27 heavy (non-hydrogen) atoms. The van der Waals surface area contributed by atoms with Crippen LogP contribution in [0.5, 0.6) is 0 Å². The van der Waals surface area contributed by atoms with Crippen molar-refractivity contribution >= 4 is 21.6 Å². The van der Waals surface area contributed by atoms with Crippen molar-refractivity contribution in [2.24, 2.45) is 0 Å². The molecule has 0 bridgehead atoms. The van der Waals surface area contributed by atoms with Gasteiger partial charge in [0.05, 0.1) is 15.9 Å². The van der Waals surface area contributed by atoms with Crippen molar-refractivity contribution in [1.82, 2.24) is 19.6 Å². The number of pyridine rings is 1. The van der Waals surface area contributed by atoms with E-state index in [1.165, 1.54) is 23.2 Å². The van der Waals surface area contributed by atoms with Crippen LogP contribution in [0.15, 0.2) is 47.1 Å². The first-order valence-corrected chi connectivity index (χ1v) is 10.6. The summed E-state index contributed by atoms with van der Waals surface area (Å²) in [7, 11) is 0. The van der Waals surface area contributed by atoms with Gasteiger partial charge in [0.2, 0.25) is 0 Å². The van der Waals surface area contributed by atoms with Crippen LogP contribution in [0, 0.1) is 0 Å². The van der Waals surface area contributed by atoms with Gasteiger partial charge in [-0.15, -0.1) is 0 Å². The quantitative estimate of drug-likeness (QED) is 0.656. The summed E-state index contributed by atoms with van der Waals surface area (Å²) in [6.07, 6.45) is 3.32. The highest BCUT2D eigenvalue weighted by Crippen LogP contribution is 2.30. The largest absolute Gasteiger partial charge is 0.315 e. The van der Waals surface area contributed by atoms with Crippen molar-refractivity contribution < 1.29 is 0 Å². The van der Waals surface area contributed by atoms with Gasteiger partial charge in [-0.2, -0.15) is 0 Å². The lowest BCUT2D eigenvalue weighted by Crippen LogP contribution is -2.28. The van der Waals surface area contributed by atoms with E-state index in [-0.39, 0.29) is 0 Å². The SMILES string of the molecule is CC(C)c1ccc(-c2nc3c(Br)cccn3c2CN2CCCNCC2)cc1. The molecule has 0 saturated carbocycles. The van der Waals surface area contributed by atoms with Crippen molar-refractivity contribution in [3.63, 3.8) is 0 Å². The summed E-state index contributed by atoms with van der Waals surface area (Å²) in [4.78, 5) is 7.56. The molecule has 0 unspecified atom stereocenters. The second kappa shape index (κ2) is 8.13. The van der Waals surface area contributed by atoms with E-state index >= 15 is 0 Å². The highest BCUT2D eigenvalue weighted by molar-refractivity contribution is 9.10. The predicted molar refractivity (Wildman–Crippen MR) is 115 cm³/mol. The number of benzene rings is 1. The molecule has 0 amide bonds. The van der Waals surface area contributed by atoms with Crippen molar-refractivity contribution in [3.8, 4) is 11.3 Å². The zero-order chi connectivity index (χ0) is 18.8. The average molecular weight is 427 g/mol. The Hall–Kier alpha value is -1.69. The fourth-order valence-electron chi connectivity index (χ4n) is 3.76. The number of imidazole rings is 1. The van der Waals surface area contributed by atoms with Gasteiger partial charge in [-0.05, 0) is 59.1 Å². The van der Waals surface area contributed by atoms with Gasteiger partial charge in [0.1, 0.15) is 0 Å². The molecular weight excluding hydrogens is 400 g/mol. The molecular formula is C22H27BrN4. The van der Waals surface area contributed by atoms with Crippen molar-refractivity contribution in [3.05, 3.63) is 58.3 Å². The Labute approximate surface area is 169 Å². The lowest BCUT2D eigenvalue weighted by Gasteiger charge is -2.20. The summed E-state index contributed by atoms with van der Waals surface area (Å²) in [6, 6.07) is 13.1. The van der Waals surface area contributed by atoms with Gasteiger partial charge in [0, 0.05) is 31.4 Å². The number of rotatable bonds is 4. The van der Waals surface area contributed by atoms with Gasteiger partial charge in [-0.25, -0.2) is 4.98 Å². The van der Waals surface area contributed by atoms with Crippen LogP contribution in [0.2, 0.25) is 0 Å². The Balaban J connectivity index is 1.77. The maximum Gasteiger partial charge on any atom is 0.152 e. The minimum Gasteiger partial charge on any atom is -0.315 e. The molecule has 1 saturated heterocycles. The van der Waals surface area contributed by atoms with Crippen LogP contribution in [0.3, 0.4) is 0 Å². The molecule has 142 valence electrons. The highest BCUT2D eigenvalue weighted by Gasteiger charge is 2.19. The summed E-state index contributed by atoms with van der Waals surface area (Å²) in [5.74, 6) is 0.540. The standard InChI is InChI=1S/C22H27BrN4/c1-16(2)17-6-8-18(9-7-17)21-20(15-26-12-4-10-24-11-14-26)27-13-3-5-19(23)22(27)25-21/h3,5-9,13,16,24H,4,10-12,14-15H2,1-2H3. The average Bonchev–Trinajstić information content (AvgIpc) is 2.85. The molecule has 1 N–H and O–H groups in total. The number of nitrogens with zero attached hydrogens (tertiary/aromatic N) is 3.